The highest BCUT2D eigenvalue weighted by Crippen LogP contribution is 2.12. The van der Waals surface area contributed by atoms with Crippen LogP contribution < -0.4 is 5.32 Å². The Kier molecular flexibility index (Phi) is 4.89. The molecule has 0 radical (unpaired) electrons. The lowest BCUT2D eigenvalue weighted by Gasteiger charge is -2.25. The molecule has 96 valence electrons. The van der Waals surface area contributed by atoms with Crippen LogP contribution >= 0.6 is 12.4 Å². The van der Waals surface area contributed by atoms with Gasteiger partial charge in [0.25, 0.3) is 0 Å². The molecule has 1 saturated heterocycles. The number of aryl methyl sites for hydroxylation is 1. The maximum absolute atomic E-state index is 11.6. The van der Waals surface area contributed by atoms with Crippen LogP contribution in [0.15, 0.2) is 4.52 Å². The predicted molar refractivity (Wildman–Crippen MR) is 63.8 cm³/mol. The van der Waals surface area contributed by atoms with Crippen LogP contribution in [0, 0.1) is 6.92 Å². The number of carbonyl (C=O) groups excluding carboxylic acids is 1. The summed E-state index contributed by atoms with van der Waals surface area (Å²) in [6.07, 6.45) is 0.983. The van der Waals surface area contributed by atoms with Crippen LogP contribution in [0.3, 0.4) is 0 Å². The smallest absolute Gasteiger partial charge is 0.223 e. The zero-order valence-corrected chi connectivity index (χ0v) is 10.8. The van der Waals surface area contributed by atoms with E-state index in [-0.39, 0.29) is 24.4 Å². The van der Waals surface area contributed by atoms with E-state index in [9.17, 15) is 4.79 Å². The van der Waals surface area contributed by atoms with Crippen LogP contribution in [0.1, 0.15) is 25.1 Å². The van der Waals surface area contributed by atoms with Gasteiger partial charge in [-0.2, -0.15) is 4.98 Å². The summed E-state index contributed by atoms with van der Waals surface area (Å²) in [5.41, 5.74) is 0. The molecule has 2 rings (SSSR count). The van der Waals surface area contributed by atoms with Crippen molar-refractivity contribution in [3.05, 3.63) is 11.7 Å². The number of hydrogen-bond acceptors (Lipinski definition) is 5. The van der Waals surface area contributed by atoms with E-state index in [4.69, 9.17) is 4.52 Å². The fourth-order valence-electron chi connectivity index (χ4n) is 1.96. The van der Waals surface area contributed by atoms with Crippen molar-refractivity contribution in [2.45, 2.75) is 32.9 Å². The van der Waals surface area contributed by atoms with Gasteiger partial charge in [-0.15, -0.1) is 12.4 Å². The van der Waals surface area contributed by atoms with Gasteiger partial charge in [0.15, 0.2) is 5.82 Å². The first kappa shape index (κ1) is 13.9. The first-order valence-corrected chi connectivity index (χ1v) is 5.44. The monoisotopic (exact) mass is 260 g/mol. The molecule has 0 aromatic carbocycles. The van der Waals surface area contributed by atoms with Gasteiger partial charge >= 0.3 is 0 Å². The second kappa shape index (κ2) is 5.97. The van der Waals surface area contributed by atoms with Crippen LogP contribution in [-0.2, 0) is 11.3 Å². The number of carbonyl (C=O) groups is 1. The van der Waals surface area contributed by atoms with E-state index in [1.807, 2.05) is 0 Å². The minimum absolute atomic E-state index is 0. The Bertz CT molecular complexity index is 376. The number of nitrogens with one attached hydrogen (secondary N) is 1. The van der Waals surface area contributed by atoms with Crippen molar-refractivity contribution in [2.24, 2.45) is 0 Å². The molecule has 1 N–H and O–H groups in total. The first-order chi connectivity index (χ1) is 7.66. The molecular weight excluding hydrogens is 244 g/mol. The quantitative estimate of drug-likeness (QED) is 0.858. The van der Waals surface area contributed by atoms with Crippen molar-refractivity contribution in [1.29, 1.82) is 0 Å². The van der Waals surface area contributed by atoms with Crippen LogP contribution in [0.5, 0.6) is 0 Å². The Morgan fingerprint density at radius 3 is 2.88 bits per heavy atom. The van der Waals surface area contributed by atoms with E-state index in [0.29, 0.717) is 18.3 Å². The number of rotatable bonds is 3. The molecule has 0 saturated carbocycles. The lowest BCUT2D eigenvalue weighted by molar-refractivity contribution is -0.131. The Morgan fingerprint density at radius 2 is 2.41 bits per heavy atom. The van der Waals surface area contributed by atoms with Crippen molar-refractivity contribution in [3.8, 4) is 0 Å². The number of hydrogen-bond donors (Lipinski definition) is 1. The van der Waals surface area contributed by atoms with Gasteiger partial charge < -0.3 is 14.7 Å². The van der Waals surface area contributed by atoms with E-state index >= 15 is 0 Å². The third-order valence-corrected chi connectivity index (χ3v) is 2.76. The fourth-order valence-corrected chi connectivity index (χ4v) is 1.96. The summed E-state index contributed by atoms with van der Waals surface area (Å²) in [7, 11) is 0. The average Bonchev–Trinajstić information content (AvgIpc) is 2.84. The minimum atomic E-state index is 0. The van der Waals surface area contributed by atoms with Crippen molar-refractivity contribution >= 4 is 18.3 Å². The Labute approximate surface area is 106 Å². The standard InChI is InChI=1S/C10H16N4O2.ClH/c1-7-12-10(13-16-7)6-14(8(2)15)9-3-4-11-5-9;/h9,11H,3-6H2,1-2H3;1H. The van der Waals surface area contributed by atoms with Crippen LogP contribution in [-0.4, -0.2) is 40.1 Å². The molecule has 1 amide bonds. The molecule has 0 spiro atoms. The van der Waals surface area contributed by atoms with E-state index < -0.39 is 0 Å². The van der Waals surface area contributed by atoms with Crippen LogP contribution in [0.4, 0.5) is 0 Å². The molecule has 2 heterocycles. The normalized spacial score (nSPS) is 18.8. The summed E-state index contributed by atoms with van der Waals surface area (Å²) in [6.45, 7) is 5.55. The van der Waals surface area contributed by atoms with Gasteiger partial charge in [0.05, 0.1) is 6.54 Å². The fraction of sp³-hybridized carbons (Fsp3) is 0.700. The summed E-state index contributed by atoms with van der Waals surface area (Å²) in [6, 6.07) is 0.247. The van der Waals surface area contributed by atoms with Crippen LogP contribution in [0.25, 0.3) is 0 Å². The van der Waals surface area contributed by atoms with Gasteiger partial charge in [-0.3, -0.25) is 4.79 Å². The highest BCUT2D eigenvalue weighted by Gasteiger charge is 2.25. The zero-order valence-electron chi connectivity index (χ0n) is 9.97. The van der Waals surface area contributed by atoms with Gasteiger partial charge in [-0.1, -0.05) is 5.16 Å². The van der Waals surface area contributed by atoms with Gasteiger partial charge in [-0.05, 0) is 13.0 Å². The third kappa shape index (κ3) is 3.41. The van der Waals surface area contributed by atoms with E-state index in [1.54, 1.807) is 18.7 Å². The SMILES string of the molecule is CC(=O)N(Cc1noc(C)n1)C1CCNC1.Cl. The van der Waals surface area contributed by atoms with Gasteiger partial charge in [0.1, 0.15) is 0 Å². The van der Waals surface area contributed by atoms with E-state index in [2.05, 4.69) is 15.5 Å². The lowest BCUT2D eigenvalue weighted by Crippen LogP contribution is -2.39. The highest BCUT2D eigenvalue weighted by molar-refractivity contribution is 5.85. The van der Waals surface area contributed by atoms with Gasteiger partial charge in [-0.25, -0.2) is 0 Å². The van der Waals surface area contributed by atoms with Crippen LogP contribution in [0.2, 0.25) is 0 Å². The van der Waals surface area contributed by atoms with Crippen molar-refractivity contribution in [1.82, 2.24) is 20.4 Å². The highest BCUT2D eigenvalue weighted by atomic mass is 35.5. The first-order valence-electron chi connectivity index (χ1n) is 5.44. The number of amides is 1. The van der Waals surface area contributed by atoms with Crippen molar-refractivity contribution in [2.75, 3.05) is 13.1 Å². The zero-order chi connectivity index (χ0) is 11.5. The Hall–Kier alpha value is -1.14. The summed E-state index contributed by atoms with van der Waals surface area (Å²) in [4.78, 5) is 17.5. The topological polar surface area (TPSA) is 71.3 Å². The third-order valence-electron chi connectivity index (χ3n) is 2.76. The molecular formula is C10H17ClN4O2. The minimum Gasteiger partial charge on any atom is -0.340 e. The van der Waals surface area contributed by atoms with Crippen molar-refractivity contribution < 1.29 is 9.32 Å². The van der Waals surface area contributed by atoms with Gasteiger partial charge in [0, 0.05) is 26.4 Å². The summed E-state index contributed by atoms with van der Waals surface area (Å²) < 4.78 is 4.89. The Balaban J connectivity index is 0.00000144. The molecule has 1 aromatic rings. The second-order valence-electron chi connectivity index (χ2n) is 4.02. The molecule has 6 nitrogen and oxygen atoms in total. The van der Waals surface area contributed by atoms with Gasteiger partial charge in [0.2, 0.25) is 11.8 Å². The van der Waals surface area contributed by atoms with Crippen molar-refractivity contribution in [3.63, 3.8) is 0 Å². The maximum atomic E-state index is 11.6. The average molecular weight is 261 g/mol. The molecule has 7 heteroatoms. The Morgan fingerprint density at radius 1 is 1.65 bits per heavy atom. The second-order valence-corrected chi connectivity index (χ2v) is 4.02. The maximum Gasteiger partial charge on any atom is 0.223 e. The summed E-state index contributed by atoms with van der Waals surface area (Å²) in [5.74, 6) is 1.15. The molecule has 1 fully saturated rings. The molecule has 17 heavy (non-hydrogen) atoms. The molecule has 1 aromatic heterocycles. The molecule has 0 aliphatic carbocycles. The molecule has 0 bridgehead atoms. The van der Waals surface area contributed by atoms with E-state index in [1.165, 1.54) is 0 Å². The molecule has 1 aliphatic heterocycles. The molecule has 1 atom stereocenters. The summed E-state index contributed by atoms with van der Waals surface area (Å²) >= 11 is 0. The number of nitrogens with zero attached hydrogens (tertiary/aromatic N) is 3. The largest absolute Gasteiger partial charge is 0.340 e. The predicted octanol–water partition coefficient (Wildman–Crippen LogP) is 0.510. The molecule has 1 aliphatic rings. The lowest BCUT2D eigenvalue weighted by atomic mass is 10.2. The molecule has 1 unspecified atom stereocenters. The van der Waals surface area contributed by atoms with E-state index in [0.717, 1.165) is 19.5 Å². The number of halogens is 1. The number of aromatic nitrogens is 2. The summed E-state index contributed by atoms with van der Waals surface area (Å²) in [5, 5.41) is 7.05.